The quantitative estimate of drug-likeness (QED) is 0.187. The number of hydrogen-bond donors (Lipinski definition) is 0. The monoisotopic (exact) mass is 568 g/mol. The van der Waals surface area contributed by atoms with Crippen LogP contribution in [0.15, 0.2) is 101 Å². The van der Waals surface area contributed by atoms with Crippen LogP contribution in [0.4, 0.5) is 0 Å². The minimum absolute atomic E-state index is 0.375. The fraction of sp³-hybridized carbons (Fsp3) is 0.333. The number of fused-ring (bicyclic) bond motifs is 3. The zero-order chi connectivity index (χ0) is 31.2. The Kier molecular flexibility index (Phi) is 13.4. The van der Waals surface area contributed by atoms with E-state index >= 15 is 0 Å². The van der Waals surface area contributed by atoms with Gasteiger partial charge in [-0.2, -0.15) is 5.26 Å². The molecule has 6 heteroatoms. The van der Waals surface area contributed by atoms with E-state index in [1.165, 1.54) is 51.9 Å². The number of carbonyl (C=O) groups is 1. The smallest absolute Gasteiger partial charge is 0.292 e. The molecule has 0 fully saturated rings. The van der Waals surface area contributed by atoms with E-state index in [0.29, 0.717) is 12.0 Å². The van der Waals surface area contributed by atoms with Crippen molar-refractivity contribution in [1.82, 2.24) is 4.57 Å². The topological polar surface area (TPSA) is 73.5 Å². The van der Waals surface area contributed by atoms with E-state index in [1.54, 1.807) is 14.2 Å². The van der Waals surface area contributed by atoms with Crippen molar-refractivity contribution in [2.24, 2.45) is 0 Å². The van der Waals surface area contributed by atoms with Crippen LogP contribution in [0.5, 0.6) is 0 Å². The fourth-order valence-corrected chi connectivity index (χ4v) is 5.16. The Morgan fingerprint density at radius 3 is 2.43 bits per heavy atom. The van der Waals surface area contributed by atoms with Gasteiger partial charge in [0.05, 0.1) is 27.4 Å². The Morgan fingerprint density at radius 2 is 1.83 bits per heavy atom. The van der Waals surface area contributed by atoms with Crippen molar-refractivity contribution in [2.45, 2.75) is 60.4 Å². The fourth-order valence-electron chi connectivity index (χ4n) is 5.16. The highest BCUT2D eigenvalue weighted by Gasteiger charge is 2.26. The van der Waals surface area contributed by atoms with Crippen LogP contribution in [0.1, 0.15) is 63.9 Å². The maximum Gasteiger partial charge on any atom is 0.292 e. The number of ether oxygens (including phenoxy) is 3. The summed E-state index contributed by atoms with van der Waals surface area (Å²) in [4.78, 5) is 8.95. The molecule has 222 valence electrons. The maximum absolute atomic E-state index is 9.30. The molecule has 1 aromatic rings. The van der Waals surface area contributed by atoms with Gasteiger partial charge < -0.3 is 18.8 Å². The van der Waals surface area contributed by atoms with Gasteiger partial charge in [0.25, 0.3) is 6.47 Å². The van der Waals surface area contributed by atoms with Gasteiger partial charge in [0.1, 0.15) is 5.76 Å². The summed E-state index contributed by atoms with van der Waals surface area (Å²) in [6.07, 6.45) is 19.5. The van der Waals surface area contributed by atoms with Gasteiger partial charge in [-0.1, -0.05) is 50.8 Å². The van der Waals surface area contributed by atoms with Crippen molar-refractivity contribution in [3.8, 4) is 6.07 Å². The second-order valence-electron chi connectivity index (χ2n) is 9.56. The van der Waals surface area contributed by atoms with Crippen molar-refractivity contribution in [3.63, 3.8) is 0 Å². The molecule has 0 spiro atoms. The van der Waals surface area contributed by atoms with Crippen LogP contribution in [0.3, 0.4) is 0 Å². The van der Waals surface area contributed by atoms with Crippen LogP contribution in [0.25, 0.3) is 11.1 Å². The highest BCUT2D eigenvalue weighted by Crippen LogP contribution is 2.41. The lowest BCUT2D eigenvalue weighted by molar-refractivity contribution is -0.126. The Morgan fingerprint density at radius 1 is 1.12 bits per heavy atom. The first-order valence-corrected chi connectivity index (χ1v) is 14.2. The molecule has 2 aliphatic carbocycles. The lowest BCUT2D eigenvalue weighted by atomic mass is 9.94. The van der Waals surface area contributed by atoms with Gasteiger partial charge in [-0.3, -0.25) is 4.79 Å². The van der Waals surface area contributed by atoms with Crippen LogP contribution in [0, 0.1) is 18.3 Å². The van der Waals surface area contributed by atoms with E-state index in [4.69, 9.17) is 14.3 Å². The number of rotatable bonds is 7. The number of allylic oxidation sites excluding steroid dienone is 15. The third-order valence-electron chi connectivity index (χ3n) is 7.17. The first-order valence-electron chi connectivity index (χ1n) is 14.2. The summed E-state index contributed by atoms with van der Waals surface area (Å²) < 4.78 is 17.6. The maximum atomic E-state index is 9.30. The molecule has 42 heavy (non-hydrogen) atoms. The van der Waals surface area contributed by atoms with E-state index in [2.05, 4.69) is 78.3 Å². The van der Waals surface area contributed by atoms with Gasteiger partial charge in [-0.15, -0.1) is 0 Å². The highest BCUT2D eigenvalue weighted by molar-refractivity contribution is 5.87. The van der Waals surface area contributed by atoms with Gasteiger partial charge in [0, 0.05) is 41.1 Å². The molecular weight excluding hydrogens is 524 g/mol. The van der Waals surface area contributed by atoms with Gasteiger partial charge >= 0.3 is 0 Å². The molecule has 3 aliphatic rings. The van der Waals surface area contributed by atoms with Gasteiger partial charge in [-0.25, -0.2) is 0 Å². The summed E-state index contributed by atoms with van der Waals surface area (Å²) in [7, 11) is 4.71. The molecule has 2 heterocycles. The Hall–Kier alpha value is -4.50. The molecule has 0 saturated heterocycles. The van der Waals surface area contributed by atoms with Crippen LogP contribution < -0.4 is 0 Å². The molecule has 1 aliphatic heterocycles. The second-order valence-corrected chi connectivity index (χ2v) is 9.56. The van der Waals surface area contributed by atoms with E-state index in [0.717, 1.165) is 42.9 Å². The van der Waals surface area contributed by atoms with E-state index in [-0.39, 0.29) is 0 Å². The lowest BCUT2D eigenvalue weighted by Gasteiger charge is -2.22. The molecule has 0 N–H and O–H groups in total. The average molecular weight is 569 g/mol. The van der Waals surface area contributed by atoms with E-state index in [1.807, 2.05) is 32.9 Å². The van der Waals surface area contributed by atoms with Crippen molar-refractivity contribution in [2.75, 3.05) is 21.3 Å². The van der Waals surface area contributed by atoms with E-state index in [9.17, 15) is 5.26 Å². The number of carbonyl (C=O) groups excluding carboxylic acids is 1. The standard InChI is InChI=1S/C32H34N2O2.C2H4O2.C2H6/c1-7-9-25(16-21(2)20-33)26-11-8-10-22(3)27(17-26)28-18-30-29-19-32(36-6)31(35-5)13-12-24(29)14-15-34(30)23(28)4;1-4-2-3;1-2/h7-10,12,16-19H,2,11,13-15H2,1,3-6H3;2H,1H3;1-2H3/b9-7-,25-16+;;. The summed E-state index contributed by atoms with van der Waals surface area (Å²) >= 11 is 0. The molecule has 0 radical (unpaired) electrons. The Balaban J connectivity index is 0.000000947. The molecule has 0 unspecified atom stereocenters. The third kappa shape index (κ3) is 7.82. The second kappa shape index (κ2) is 16.7. The SMILES string of the molecule is C=C(C#N)/C=C(\C=C/C)C1=CC(c2cc3n(c2C)CCC2=CCC(OC)=C(OC)C=C23)=C(C)C=CC1.CC.COC=O. The lowest BCUT2D eigenvalue weighted by Crippen LogP contribution is -2.12. The van der Waals surface area contributed by atoms with Crippen LogP contribution >= 0.6 is 0 Å². The average Bonchev–Trinajstić information content (AvgIpc) is 3.14. The Bertz CT molecular complexity index is 1460. The van der Waals surface area contributed by atoms with Crippen LogP contribution in [-0.4, -0.2) is 32.4 Å². The molecule has 0 atom stereocenters. The summed E-state index contributed by atoms with van der Waals surface area (Å²) in [6, 6.07) is 4.47. The van der Waals surface area contributed by atoms with Crippen molar-refractivity contribution in [3.05, 3.63) is 118 Å². The molecule has 4 rings (SSSR count). The van der Waals surface area contributed by atoms with Gasteiger partial charge in [0.2, 0.25) is 0 Å². The summed E-state index contributed by atoms with van der Waals surface area (Å²) in [5.74, 6) is 1.63. The van der Waals surface area contributed by atoms with Crippen molar-refractivity contribution in [1.29, 1.82) is 5.26 Å². The minimum Gasteiger partial charge on any atom is -0.497 e. The summed E-state index contributed by atoms with van der Waals surface area (Å²) in [5.41, 5.74) is 11.3. The third-order valence-corrected chi connectivity index (χ3v) is 7.17. The summed E-state index contributed by atoms with van der Waals surface area (Å²) in [5, 5.41) is 9.30. The largest absolute Gasteiger partial charge is 0.497 e. The van der Waals surface area contributed by atoms with Crippen molar-refractivity contribution < 1.29 is 19.0 Å². The molecular formula is C36H44N2O4. The molecule has 6 nitrogen and oxygen atoms in total. The normalized spacial score (nSPS) is 16.1. The zero-order valence-electron chi connectivity index (χ0n) is 26.3. The number of nitriles is 1. The van der Waals surface area contributed by atoms with Gasteiger partial charge in [0.15, 0.2) is 5.76 Å². The zero-order valence-corrected chi connectivity index (χ0v) is 26.3. The van der Waals surface area contributed by atoms with E-state index < -0.39 is 0 Å². The first kappa shape index (κ1) is 33.7. The number of nitrogens with zero attached hydrogens (tertiary/aromatic N) is 2. The first-order chi connectivity index (χ1) is 20.3. The Labute approximate surface area is 251 Å². The highest BCUT2D eigenvalue weighted by atomic mass is 16.5. The number of hydrogen-bond acceptors (Lipinski definition) is 5. The molecule has 0 amide bonds. The molecule has 0 aromatic carbocycles. The predicted octanol–water partition coefficient (Wildman–Crippen LogP) is 8.48. The molecule has 1 aromatic heterocycles. The van der Waals surface area contributed by atoms with Crippen LogP contribution in [-0.2, 0) is 25.5 Å². The van der Waals surface area contributed by atoms with Crippen molar-refractivity contribution >= 4 is 17.6 Å². The number of aromatic nitrogens is 1. The van der Waals surface area contributed by atoms with Crippen LogP contribution in [0.2, 0.25) is 0 Å². The summed E-state index contributed by atoms with van der Waals surface area (Å²) in [6.45, 7) is 15.6. The molecule has 0 saturated carbocycles. The minimum atomic E-state index is 0.375. The number of methoxy groups -OCH3 is 3. The molecule has 0 bridgehead atoms. The van der Waals surface area contributed by atoms with Gasteiger partial charge in [-0.05, 0) is 85.8 Å². The predicted molar refractivity (Wildman–Crippen MR) is 172 cm³/mol.